The largest absolute Gasteiger partial charge is 0.386 e. The number of hydrogen-bond acceptors (Lipinski definition) is 5. The minimum atomic E-state index is -0.708. The smallest absolute Gasteiger partial charge is 0.330 e. The molecule has 0 unspecified atom stereocenters. The zero-order valence-electron chi connectivity index (χ0n) is 12.4. The van der Waals surface area contributed by atoms with Gasteiger partial charge in [0.1, 0.15) is 0 Å². The van der Waals surface area contributed by atoms with Gasteiger partial charge in [0.2, 0.25) is 0 Å². The molecule has 0 saturated heterocycles. The summed E-state index contributed by atoms with van der Waals surface area (Å²) in [4.78, 5) is 31.9. The van der Waals surface area contributed by atoms with E-state index in [-0.39, 0.29) is 0 Å². The molecule has 0 spiro atoms. The van der Waals surface area contributed by atoms with Gasteiger partial charge in [-0.2, -0.15) is 0 Å². The summed E-state index contributed by atoms with van der Waals surface area (Å²) in [5.74, 6) is -1.42. The van der Waals surface area contributed by atoms with E-state index in [4.69, 9.17) is 5.73 Å². The van der Waals surface area contributed by atoms with E-state index >= 15 is 0 Å². The topological polar surface area (TPSA) is 78.6 Å². The van der Waals surface area contributed by atoms with Crippen molar-refractivity contribution in [2.24, 2.45) is 5.73 Å². The van der Waals surface area contributed by atoms with E-state index in [0.29, 0.717) is 11.1 Å². The first-order valence-electron chi connectivity index (χ1n) is 6.92. The Hall–Kier alpha value is -2.66. The van der Waals surface area contributed by atoms with Gasteiger partial charge in [0, 0.05) is 0 Å². The Bertz CT molecular complexity index is 516. The fraction of sp³-hybridized carbons (Fsp3) is 0.176. The van der Waals surface area contributed by atoms with Gasteiger partial charge in [0.05, 0.1) is 11.1 Å². The van der Waals surface area contributed by atoms with E-state index in [0.717, 1.165) is 13.0 Å². The van der Waals surface area contributed by atoms with Gasteiger partial charge in [0.25, 0.3) is 0 Å². The predicted octanol–water partition coefficient (Wildman–Crippen LogP) is 2.97. The van der Waals surface area contributed by atoms with Crippen molar-refractivity contribution >= 4 is 11.9 Å². The van der Waals surface area contributed by atoms with Gasteiger partial charge in [-0.3, -0.25) is 0 Å². The normalized spacial score (nSPS) is 9.18. The predicted molar refractivity (Wildman–Crippen MR) is 83.1 cm³/mol. The maximum Gasteiger partial charge on any atom is 0.386 e. The molecular formula is C17H19NO4. The minimum absolute atomic E-state index is 0.318. The van der Waals surface area contributed by atoms with E-state index < -0.39 is 11.9 Å². The summed E-state index contributed by atoms with van der Waals surface area (Å²) in [6.45, 7) is 2.88. The van der Waals surface area contributed by atoms with E-state index in [2.05, 4.69) is 16.7 Å². The summed E-state index contributed by atoms with van der Waals surface area (Å²) in [6, 6.07) is 16.6. The minimum Gasteiger partial charge on any atom is -0.330 e. The fourth-order valence-corrected chi connectivity index (χ4v) is 1.32. The molecule has 0 aromatic heterocycles. The van der Waals surface area contributed by atoms with Crippen LogP contribution in [0.1, 0.15) is 34.1 Å². The summed E-state index contributed by atoms with van der Waals surface area (Å²) in [5, 5.41) is 0. The third-order valence-corrected chi connectivity index (χ3v) is 2.50. The molecule has 2 rings (SSSR count). The molecule has 0 aliphatic heterocycles. The summed E-state index contributed by atoms with van der Waals surface area (Å²) >= 11 is 0. The van der Waals surface area contributed by atoms with Crippen LogP contribution in [0.25, 0.3) is 0 Å². The van der Waals surface area contributed by atoms with Crippen LogP contribution in [0.15, 0.2) is 60.7 Å². The highest BCUT2D eigenvalue weighted by Gasteiger charge is 2.12. The molecule has 0 aliphatic rings. The Balaban J connectivity index is 0.000000541. The second-order valence-corrected chi connectivity index (χ2v) is 4.26. The van der Waals surface area contributed by atoms with Gasteiger partial charge >= 0.3 is 11.9 Å². The molecule has 0 heterocycles. The van der Waals surface area contributed by atoms with Crippen molar-refractivity contribution in [2.75, 3.05) is 6.54 Å². The average molecular weight is 301 g/mol. The van der Waals surface area contributed by atoms with Crippen LogP contribution in [0.5, 0.6) is 0 Å². The van der Waals surface area contributed by atoms with Crippen LogP contribution in [0, 0.1) is 0 Å². The molecule has 2 aromatic carbocycles. The monoisotopic (exact) mass is 301 g/mol. The number of benzene rings is 2. The summed E-state index contributed by atoms with van der Waals surface area (Å²) in [5.41, 5.74) is 5.66. The molecule has 0 aliphatic carbocycles. The van der Waals surface area contributed by atoms with Crippen LogP contribution in [0.4, 0.5) is 0 Å². The highest BCUT2D eigenvalue weighted by molar-refractivity contribution is 5.92. The van der Waals surface area contributed by atoms with E-state index in [1.54, 1.807) is 60.7 Å². The molecule has 0 amide bonds. The lowest BCUT2D eigenvalue weighted by atomic mass is 10.2. The molecule has 116 valence electrons. The number of carbonyl (C=O) groups is 2. The summed E-state index contributed by atoms with van der Waals surface area (Å²) in [6.07, 6.45) is 1.10. The fourth-order valence-electron chi connectivity index (χ4n) is 1.32. The lowest BCUT2D eigenvalue weighted by Gasteiger charge is -2.02. The van der Waals surface area contributed by atoms with Crippen molar-refractivity contribution in [3.05, 3.63) is 71.8 Å². The van der Waals surface area contributed by atoms with Crippen molar-refractivity contribution in [1.29, 1.82) is 0 Å². The molecular weight excluding hydrogens is 282 g/mol. The first kappa shape index (κ1) is 17.4. The van der Waals surface area contributed by atoms with Gasteiger partial charge in [-0.1, -0.05) is 43.3 Å². The number of hydrogen-bond donors (Lipinski definition) is 1. The van der Waals surface area contributed by atoms with Crippen molar-refractivity contribution in [1.82, 2.24) is 0 Å². The highest BCUT2D eigenvalue weighted by Crippen LogP contribution is 2.05. The zero-order chi connectivity index (χ0) is 16.2. The number of carbonyl (C=O) groups excluding carboxylic acids is 2. The van der Waals surface area contributed by atoms with Crippen LogP contribution in [-0.2, 0) is 9.78 Å². The lowest BCUT2D eigenvalue weighted by molar-refractivity contribution is -0.187. The van der Waals surface area contributed by atoms with Crippen molar-refractivity contribution in [3.63, 3.8) is 0 Å². The lowest BCUT2D eigenvalue weighted by Crippen LogP contribution is -2.11. The average Bonchev–Trinajstić information content (AvgIpc) is 2.61. The molecule has 5 heteroatoms. The quantitative estimate of drug-likeness (QED) is 0.696. The van der Waals surface area contributed by atoms with Gasteiger partial charge in [0.15, 0.2) is 0 Å². The van der Waals surface area contributed by atoms with E-state index in [1.165, 1.54) is 0 Å². The van der Waals surface area contributed by atoms with Gasteiger partial charge in [-0.15, -0.1) is 0 Å². The molecule has 22 heavy (non-hydrogen) atoms. The van der Waals surface area contributed by atoms with Gasteiger partial charge < -0.3 is 5.73 Å². The Morgan fingerprint density at radius 3 is 1.41 bits per heavy atom. The van der Waals surface area contributed by atoms with E-state index in [9.17, 15) is 9.59 Å². The van der Waals surface area contributed by atoms with Gasteiger partial charge in [-0.25, -0.2) is 19.4 Å². The first-order valence-corrected chi connectivity index (χ1v) is 6.92. The van der Waals surface area contributed by atoms with Crippen molar-refractivity contribution in [3.8, 4) is 0 Å². The zero-order valence-corrected chi connectivity index (χ0v) is 12.4. The third-order valence-electron chi connectivity index (χ3n) is 2.50. The van der Waals surface area contributed by atoms with Crippen molar-refractivity contribution in [2.45, 2.75) is 13.3 Å². The third kappa shape index (κ3) is 6.19. The molecule has 0 fully saturated rings. The second-order valence-electron chi connectivity index (χ2n) is 4.26. The molecule has 0 saturated carbocycles. The Morgan fingerprint density at radius 1 is 0.818 bits per heavy atom. The van der Waals surface area contributed by atoms with Crippen LogP contribution in [-0.4, -0.2) is 18.5 Å². The van der Waals surface area contributed by atoms with Crippen LogP contribution < -0.4 is 5.73 Å². The van der Waals surface area contributed by atoms with Crippen molar-refractivity contribution < 1.29 is 19.4 Å². The highest BCUT2D eigenvalue weighted by atomic mass is 17.2. The number of rotatable bonds is 3. The first-order chi connectivity index (χ1) is 10.7. The summed E-state index contributed by atoms with van der Waals surface area (Å²) in [7, 11) is 0. The standard InChI is InChI=1S/C14H10O4.C3H9N/c15-13(11-7-3-1-4-8-11)17-18-14(16)12-9-5-2-6-10-12;1-2-3-4/h1-10H;2-4H2,1H3. The van der Waals surface area contributed by atoms with Crippen LogP contribution in [0.3, 0.4) is 0 Å². The Labute approximate surface area is 129 Å². The second kappa shape index (κ2) is 10.1. The molecule has 2 aromatic rings. The van der Waals surface area contributed by atoms with E-state index in [1.807, 2.05) is 0 Å². The maximum absolute atomic E-state index is 11.5. The molecule has 2 N–H and O–H groups in total. The molecule has 0 radical (unpaired) electrons. The van der Waals surface area contributed by atoms with Crippen LogP contribution >= 0.6 is 0 Å². The summed E-state index contributed by atoms with van der Waals surface area (Å²) < 4.78 is 0. The number of nitrogens with two attached hydrogens (primary N) is 1. The Morgan fingerprint density at radius 2 is 1.14 bits per heavy atom. The Kier molecular flexibility index (Phi) is 8.00. The SMILES string of the molecule is CCCN.O=C(OOC(=O)c1ccccc1)c1ccccc1. The van der Waals surface area contributed by atoms with Crippen LogP contribution in [0.2, 0.25) is 0 Å². The molecule has 0 bridgehead atoms. The molecule has 0 atom stereocenters. The molecule has 5 nitrogen and oxygen atoms in total. The van der Waals surface area contributed by atoms with Gasteiger partial charge in [-0.05, 0) is 37.2 Å². The maximum atomic E-state index is 11.5.